The van der Waals surface area contributed by atoms with E-state index in [1.165, 1.54) is 16.4 Å². The highest BCUT2D eigenvalue weighted by molar-refractivity contribution is 7.98. The van der Waals surface area contributed by atoms with Gasteiger partial charge in [0.15, 0.2) is 5.82 Å². The topological polar surface area (TPSA) is 86.9 Å². The Morgan fingerprint density at radius 3 is 2.65 bits per heavy atom. The van der Waals surface area contributed by atoms with Crippen molar-refractivity contribution in [2.24, 2.45) is 0 Å². The average Bonchev–Trinajstić information content (AvgIpc) is 3.17. The monoisotopic (exact) mass is 385 g/mol. The van der Waals surface area contributed by atoms with Crippen molar-refractivity contribution in [2.45, 2.75) is 24.8 Å². The summed E-state index contributed by atoms with van der Waals surface area (Å²) >= 11 is 7.40. The van der Waals surface area contributed by atoms with Crippen molar-refractivity contribution in [2.75, 3.05) is 5.84 Å². The molecule has 3 heterocycles. The van der Waals surface area contributed by atoms with Crippen LogP contribution in [0, 0.1) is 13.8 Å². The number of fused-ring (bicyclic) bond motifs is 1. The highest BCUT2D eigenvalue weighted by Gasteiger charge is 2.13. The predicted octanol–water partition coefficient (Wildman–Crippen LogP) is 3.26. The number of aromatic nitrogens is 6. The molecule has 2 N–H and O–H groups in total. The molecule has 0 amide bonds. The Bertz CT molecular complexity index is 1080. The Balaban J connectivity index is 1.55. The molecule has 0 radical (unpaired) electrons. The van der Waals surface area contributed by atoms with Gasteiger partial charge in [-0.05, 0) is 44.2 Å². The zero-order valence-electron chi connectivity index (χ0n) is 14.2. The summed E-state index contributed by atoms with van der Waals surface area (Å²) in [6, 6.07) is 9.35. The van der Waals surface area contributed by atoms with Crippen molar-refractivity contribution < 1.29 is 0 Å². The number of nitrogen functional groups attached to an aromatic ring is 1. The summed E-state index contributed by atoms with van der Waals surface area (Å²) in [4.78, 5) is 9.03. The van der Waals surface area contributed by atoms with Crippen LogP contribution < -0.4 is 5.84 Å². The number of rotatable bonds is 4. The molecule has 0 aliphatic carbocycles. The summed E-state index contributed by atoms with van der Waals surface area (Å²) < 4.78 is 3.46. The van der Waals surface area contributed by atoms with E-state index in [1.54, 1.807) is 12.1 Å². The highest BCUT2D eigenvalue weighted by Crippen LogP contribution is 2.25. The first-order valence-electron chi connectivity index (χ1n) is 7.93. The molecule has 1 aromatic carbocycles. The molecule has 0 saturated carbocycles. The van der Waals surface area contributed by atoms with Gasteiger partial charge in [-0.15, -0.1) is 10.2 Å². The van der Waals surface area contributed by atoms with E-state index in [4.69, 9.17) is 17.4 Å². The molecule has 0 aliphatic heterocycles. The van der Waals surface area contributed by atoms with Crippen LogP contribution in [0.1, 0.15) is 17.1 Å². The number of thioether (sulfide) groups is 1. The van der Waals surface area contributed by atoms with E-state index in [2.05, 4.69) is 20.2 Å². The largest absolute Gasteiger partial charge is 0.335 e. The number of nitrogens with two attached hydrogens (primary N) is 1. The molecule has 26 heavy (non-hydrogen) atoms. The Morgan fingerprint density at radius 1 is 1.12 bits per heavy atom. The van der Waals surface area contributed by atoms with Crippen molar-refractivity contribution in [1.82, 2.24) is 29.2 Å². The molecule has 4 rings (SSSR count). The van der Waals surface area contributed by atoms with Crippen LogP contribution in [0.3, 0.4) is 0 Å². The minimum Gasteiger partial charge on any atom is -0.335 e. The Morgan fingerprint density at radius 2 is 1.88 bits per heavy atom. The molecule has 0 bridgehead atoms. The molecule has 3 aromatic heterocycles. The molecule has 0 saturated heterocycles. The molecular formula is C17H16ClN7S. The molecule has 0 atom stereocenters. The van der Waals surface area contributed by atoms with Gasteiger partial charge in [0.2, 0.25) is 10.9 Å². The van der Waals surface area contributed by atoms with Crippen molar-refractivity contribution >= 4 is 29.1 Å². The van der Waals surface area contributed by atoms with Gasteiger partial charge in [-0.3, -0.25) is 4.40 Å². The van der Waals surface area contributed by atoms with Gasteiger partial charge in [-0.1, -0.05) is 23.4 Å². The van der Waals surface area contributed by atoms with Gasteiger partial charge in [-0.25, -0.2) is 14.6 Å². The number of halogens is 1. The molecule has 0 fully saturated rings. The van der Waals surface area contributed by atoms with Gasteiger partial charge in [-0.2, -0.15) is 0 Å². The second-order valence-electron chi connectivity index (χ2n) is 5.91. The van der Waals surface area contributed by atoms with E-state index >= 15 is 0 Å². The normalized spacial score (nSPS) is 11.3. The van der Waals surface area contributed by atoms with Crippen molar-refractivity contribution in [3.8, 4) is 11.4 Å². The zero-order valence-corrected chi connectivity index (χ0v) is 15.8. The molecular weight excluding hydrogens is 370 g/mol. The third-order valence-corrected chi connectivity index (χ3v) is 5.16. The molecule has 9 heteroatoms. The van der Waals surface area contributed by atoms with Gasteiger partial charge >= 0.3 is 0 Å². The lowest BCUT2D eigenvalue weighted by Crippen LogP contribution is -2.11. The fraction of sp³-hybridized carbons (Fsp3) is 0.176. The van der Waals surface area contributed by atoms with Crippen LogP contribution in [0.2, 0.25) is 5.02 Å². The maximum atomic E-state index is 6.16. The first-order valence-corrected chi connectivity index (χ1v) is 9.29. The Kier molecular flexibility index (Phi) is 4.29. The SMILES string of the molecule is Cc1cc(C)n2cc(CSc3nnc(-c4ccc(Cl)cc4)n3N)nc2n1. The fourth-order valence-corrected chi connectivity index (χ4v) is 3.56. The van der Waals surface area contributed by atoms with E-state index in [-0.39, 0.29) is 0 Å². The van der Waals surface area contributed by atoms with Crippen molar-refractivity contribution in [3.05, 3.63) is 58.6 Å². The van der Waals surface area contributed by atoms with Gasteiger partial charge in [0, 0.05) is 33.9 Å². The van der Waals surface area contributed by atoms with Crippen molar-refractivity contribution in [1.29, 1.82) is 0 Å². The highest BCUT2D eigenvalue weighted by atomic mass is 35.5. The Labute approximate surface area is 159 Å². The van der Waals surface area contributed by atoms with Crippen LogP contribution in [0.15, 0.2) is 41.7 Å². The molecule has 4 aromatic rings. The van der Waals surface area contributed by atoms with Crippen LogP contribution >= 0.6 is 23.4 Å². The number of aryl methyl sites for hydroxylation is 2. The van der Waals surface area contributed by atoms with Crippen LogP contribution in [0.25, 0.3) is 17.2 Å². The minimum absolute atomic E-state index is 0.590. The fourth-order valence-electron chi connectivity index (χ4n) is 2.70. The molecule has 7 nitrogen and oxygen atoms in total. The van der Waals surface area contributed by atoms with Crippen LogP contribution in [0.4, 0.5) is 0 Å². The third kappa shape index (κ3) is 3.13. The summed E-state index contributed by atoms with van der Waals surface area (Å²) in [6.07, 6.45) is 1.99. The second-order valence-corrected chi connectivity index (χ2v) is 7.29. The molecule has 132 valence electrons. The molecule has 0 aliphatic rings. The first kappa shape index (κ1) is 16.9. The third-order valence-electron chi connectivity index (χ3n) is 3.93. The minimum atomic E-state index is 0.590. The predicted molar refractivity (Wildman–Crippen MR) is 103 cm³/mol. The van der Waals surface area contributed by atoms with Gasteiger partial charge < -0.3 is 5.84 Å². The van der Waals surface area contributed by atoms with Gasteiger partial charge in [0.05, 0.1) is 5.69 Å². The molecule has 0 spiro atoms. The summed E-state index contributed by atoms with van der Waals surface area (Å²) in [5, 5.41) is 9.65. The number of hydrogen-bond donors (Lipinski definition) is 1. The number of imidazole rings is 1. The lowest BCUT2D eigenvalue weighted by atomic mass is 10.2. The van der Waals surface area contributed by atoms with Crippen molar-refractivity contribution in [3.63, 3.8) is 0 Å². The zero-order chi connectivity index (χ0) is 18.3. The smallest absolute Gasteiger partial charge is 0.234 e. The van der Waals surface area contributed by atoms with Crippen LogP contribution in [-0.2, 0) is 5.75 Å². The van der Waals surface area contributed by atoms with Crippen LogP contribution in [0.5, 0.6) is 0 Å². The first-order chi connectivity index (χ1) is 12.5. The second kappa shape index (κ2) is 6.62. The Hall–Kier alpha value is -2.58. The maximum absolute atomic E-state index is 6.16. The standard InChI is InChI=1S/C17H16ClN7S/c1-10-7-11(2)24-8-14(21-16(24)20-10)9-26-17-23-22-15(25(17)19)12-3-5-13(18)6-4-12/h3-8H,9,19H2,1-2H3. The van der Waals surface area contributed by atoms with E-state index in [0.717, 1.165) is 22.6 Å². The van der Waals surface area contributed by atoms with Gasteiger partial charge in [0.25, 0.3) is 0 Å². The average molecular weight is 386 g/mol. The maximum Gasteiger partial charge on any atom is 0.234 e. The van der Waals surface area contributed by atoms with Gasteiger partial charge in [0.1, 0.15) is 0 Å². The van der Waals surface area contributed by atoms with E-state index in [9.17, 15) is 0 Å². The lowest BCUT2D eigenvalue weighted by molar-refractivity contribution is 0.849. The number of hydrogen-bond acceptors (Lipinski definition) is 6. The van der Waals surface area contributed by atoms with E-state index in [1.807, 2.05) is 42.6 Å². The van der Waals surface area contributed by atoms with Crippen LogP contribution in [-0.4, -0.2) is 29.2 Å². The summed E-state index contributed by atoms with van der Waals surface area (Å²) in [5.74, 6) is 8.07. The molecule has 0 unspecified atom stereocenters. The summed E-state index contributed by atoms with van der Waals surface area (Å²) in [7, 11) is 0. The van der Waals surface area contributed by atoms with E-state index in [0.29, 0.717) is 27.5 Å². The number of nitrogens with zero attached hydrogens (tertiary/aromatic N) is 6. The lowest BCUT2D eigenvalue weighted by Gasteiger charge is -2.03. The summed E-state index contributed by atoms with van der Waals surface area (Å²) in [6.45, 7) is 4.00. The quantitative estimate of drug-likeness (QED) is 0.428. The number of benzene rings is 1. The van der Waals surface area contributed by atoms with E-state index < -0.39 is 0 Å². The summed E-state index contributed by atoms with van der Waals surface area (Å²) in [5.41, 5.74) is 3.82.